The molecule has 2 aromatic rings. The van der Waals surface area contributed by atoms with Crippen molar-refractivity contribution in [2.24, 2.45) is 0 Å². The highest BCUT2D eigenvalue weighted by Gasteiger charge is 2.17. The molecule has 1 amide bonds. The Morgan fingerprint density at radius 1 is 1.29 bits per heavy atom. The van der Waals surface area contributed by atoms with Crippen LogP contribution in [0.5, 0.6) is 0 Å². The molecule has 2 N–H and O–H groups in total. The van der Waals surface area contributed by atoms with Crippen LogP contribution in [0.3, 0.4) is 0 Å². The molecule has 1 aliphatic heterocycles. The summed E-state index contributed by atoms with van der Waals surface area (Å²) in [7, 11) is 0. The summed E-state index contributed by atoms with van der Waals surface area (Å²) in [6.45, 7) is 1.73. The number of amides is 1. The molecule has 0 atom stereocenters. The summed E-state index contributed by atoms with van der Waals surface area (Å²) >= 11 is 9.33. The smallest absolute Gasteiger partial charge is 0.255 e. The number of hydrogen-bond donors (Lipinski definition) is 2. The average Bonchev–Trinajstić information content (AvgIpc) is 2.49. The third kappa shape index (κ3) is 3.12. The van der Waals surface area contributed by atoms with Crippen LogP contribution in [0.15, 0.2) is 40.9 Å². The molecule has 2 aromatic carbocycles. The lowest BCUT2D eigenvalue weighted by atomic mass is 9.95. The first-order chi connectivity index (χ1) is 10.1. The third-order valence-corrected chi connectivity index (χ3v) is 4.46. The Morgan fingerprint density at radius 3 is 2.95 bits per heavy atom. The van der Waals surface area contributed by atoms with Crippen molar-refractivity contribution < 1.29 is 4.79 Å². The van der Waals surface area contributed by atoms with Crippen molar-refractivity contribution in [2.75, 3.05) is 11.9 Å². The van der Waals surface area contributed by atoms with E-state index in [4.69, 9.17) is 11.6 Å². The Balaban J connectivity index is 1.89. The van der Waals surface area contributed by atoms with Crippen LogP contribution < -0.4 is 10.6 Å². The minimum Gasteiger partial charge on any atom is -0.321 e. The number of carbonyl (C=O) groups is 1. The molecule has 0 bridgehead atoms. The van der Waals surface area contributed by atoms with Crippen molar-refractivity contribution in [3.05, 3.63) is 62.6 Å². The van der Waals surface area contributed by atoms with Crippen molar-refractivity contribution in [1.29, 1.82) is 0 Å². The summed E-state index contributed by atoms with van der Waals surface area (Å²) in [4.78, 5) is 12.5. The van der Waals surface area contributed by atoms with Gasteiger partial charge in [0, 0.05) is 21.6 Å². The number of anilines is 1. The first kappa shape index (κ1) is 14.6. The van der Waals surface area contributed by atoms with Crippen molar-refractivity contribution >= 4 is 39.1 Å². The van der Waals surface area contributed by atoms with Crippen LogP contribution in [0, 0.1) is 0 Å². The number of halogens is 2. The van der Waals surface area contributed by atoms with E-state index in [2.05, 4.69) is 32.6 Å². The predicted octanol–water partition coefficient (Wildman–Crippen LogP) is 4.00. The maximum Gasteiger partial charge on any atom is 0.255 e. The van der Waals surface area contributed by atoms with Crippen LogP contribution in [-0.2, 0) is 13.0 Å². The van der Waals surface area contributed by atoms with Gasteiger partial charge in [0.05, 0.1) is 5.69 Å². The van der Waals surface area contributed by atoms with Gasteiger partial charge >= 0.3 is 0 Å². The standard InChI is InChI=1S/C16H14BrClN2O/c17-14-8-11(18)4-5-15(14)20-16(21)13-3-1-2-10-9-19-7-6-12(10)13/h1-5,8,19H,6-7,9H2,(H,20,21). The van der Waals surface area contributed by atoms with Gasteiger partial charge in [-0.05, 0) is 64.3 Å². The summed E-state index contributed by atoms with van der Waals surface area (Å²) in [6.07, 6.45) is 0.876. The van der Waals surface area contributed by atoms with Gasteiger partial charge in [-0.25, -0.2) is 0 Å². The van der Waals surface area contributed by atoms with Gasteiger partial charge in [-0.2, -0.15) is 0 Å². The molecular weight excluding hydrogens is 352 g/mol. The van der Waals surface area contributed by atoms with Crippen molar-refractivity contribution in [1.82, 2.24) is 5.32 Å². The quantitative estimate of drug-likeness (QED) is 0.844. The Labute approximate surface area is 136 Å². The lowest BCUT2D eigenvalue weighted by Crippen LogP contribution is -2.26. The Kier molecular flexibility index (Phi) is 4.29. The molecule has 0 fully saturated rings. The fraction of sp³-hybridized carbons (Fsp3) is 0.188. The SMILES string of the molecule is O=C(Nc1ccc(Cl)cc1Br)c1cccc2c1CCNC2. The average molecular weight is 366 g/mol. The maximum absolute atomic E-state index is 12.5. The van der Waals surface area contributed by atoms with E-state index in [1.165, 1.54) is 5.56 Å². The highest BCUT2D eigenvalue weighted by Crippen LogP contribution is 2.27. The molecule has 0 saturated heterocycles. The van der Waals surface area contributed by atoms with E-state index in [-0.39, 0.29) is 5.91 Å². The van der Waals surface area contributed by atoms with E-state index in [0.717, 1.165) is 40.8 Å². The monoisotopic (exact) mass is 364 g/mol. The molecule has 108 valence electrons. The maximum atomic E-state index is 12.5. The molecule has 0 aliphatic carbocycles. The van der Waals surface area contributed by atoms with E-state index < -0.39 is 0 Å². The largest absolute Gasteiger partial charge is 0.321 e. The molecule has 21 heavy (non-hydrogen) atoms. The van der Waals surface area contributed by atoms with Crippen LogP contribution in [0.25, 0.3) is 0 Å². The van der Waals surface area contributed by atoms with Crippen LogP contribution in [0.1, 0.15) is 21.5 Å². The van der Waals surface area contributed by atoms with Crippen molar-refractivity contribution in [3.8, 4) is 0 Å². The summed E-state index contributed by atoms with van der Waals surface area (Å²) < 4.78 is 0.773. The Hall–Kier alpha value is -1.36. The van der Waals surface area contributed by atoms with E-state index in [0.29, 0.717) is 5.02 Å². The minimum absolute atomic E-state index is 0.0863. The zero-order valence-electron chi connectivity index (χ0n) is 11.2. The molecule has 1 heterocycles. The van der Waals surface area contributed by atoms with Crippen LogP contribution >= 0.6 is 27.5 Å². The van der Waals surface area contributed by atoms with Gasteiger partial charge in [0.15, 0.2) is 0 Å². The van der Waals surface area contributed by atoms with Gasteiger partial charge in [0.25, 0.3) is 5.91 Å². The van der Waals surface area contributed by atoms with Crippen LogP contribution in [0.4, 0.5) is 5.69 Å². The molecule has 0 unspecified atom stereocenters. The molecule has 0 spiro atoms. The van der Waals surface area contributed by atoms with Gasteiger partial charge in [-0.3, -0.25) is 4.79 Å². The van der Waals surface area contributed by atoms with Gasteiger partial charge in [0.1, 0.15) is 0 Å². The van der Waals surface area contributed by atoms with Gasteiger partial charge in [-0.15, -0.1) is 0 Å². The fourth-order valence-corrected chi connectivity index (χ4v) is 3.31. The molecule has 0 radical (unpaired) electrons. The Morgan fingerprint density at radius 2 is 2.14 bits per heavy atom. The first-order valence-electron chi connectivity index (χ1n) is 6.73. The number of carbonyl (C=O) groups excluding carboxylic acids is 1. The second-order valence-corrected chi connectivity index (χ2v) is 6.24. The molecule has 0 saturated carbocycles. The molecule has 3 nitrogen and oxygen atoms in total. The summed E-state index contributed by atoms with van der Waals surface area (Å²) in [5, 5.41) is 6.89. The molecule has 0 aromatic heterocycles. The number of nitrogens with one attached hydrogen (secondary N) is 2. The first-order valence-corrected chi connectivity index (χ1v) is 7.90. The lowest BCUT2D eigenvalue weighted by molar-refractivity contribution is 0.102. The minimum atomic E-state index is -0.0863. The number of benzene rings is 2. The molecule has 3 rings (SSSR count). The number of fused-ring (bicyclic) bond motifs is 1. The van der Waals surface area contributed by atoms with E-state index >= 15 is 0 Å². The zero-order valence-corrected chi connectivity index (χ0v) is 13.6. The topological polar surface area (TPSA) is 41.1 Å². The molecular formula is C16H14BrClN2O. The Bertz CT molecular complexity index is 703. The fourth-order valence-electron chi connectivity index (χ4n) is 2.53. The number of hydrogen-bond acceptors (Lipinski definition) is 2. The van der Waals surface area contributed by atoms with Crippen LogP contribution in [0.2, 0.25) is 5.02 Å². The summed E-state index contributed by atoms with van der Waals surface area (Å²) in [6, 6.07) is 11.2. The van der Waals surface area contributed by atoms with Gasteiger partial charge in [0.2, 0.25) is 0 Å². The number of rotatable bonds is 2. The predicted molar refractivity (Wildman–Crippen MR) is 89.0 cm³/mol. The molecule has 5 heteroatoms. The van der Waals surface area contributed by atoms with Crippen molar-refractivity contribution in [3.63, 3.8) is 0 Å². The van der Waals surface area contributed by atoms with E-state index in [9.17, 15) is 4.79 Å². The zero-order chi connectivity index (χ0) is 14.8. The van der Waals surface area contributed by atoms with Crippen molar-refractivity contribution in [2.45, 2.75) is 13.0 Å². The van der Waals surface area contributed by atoms with Gasteiger partial charge < -0.3 is 10.6 Å². The van der Waals surface area contributed by atoms with E-state index in [1.807, 2.05) is 12.1 Å². The lowest BCUT2D eigenvalue weighted by Gasteiger charge is -2.20. The normalized spacial score (nSPS) is 13.6. The van der Waals surface area contributed by atoms with Crippen LogP contribution in [-0.4, -0.2) is 12.5 Å². The second-order valence-electron chi connectivity index (χ2n) is 4.95. The summed E-state index contributed by atoms with van der Waals surface area (Å²) in [5.41, 5.74) is 3.80. The highest BCUT2D eigenvalue weighted by molar-refractivity contribution is 9.10. The van der Waals surface area contributed by atoms with Gasteiger partial charge in [-0.1, -0.05) is 23.7 Å². The molecule has 1 aliphatic rings. The highest BCUT2D eigenvalue weighted by atomic mass is 79.9. The third-order valence-electron chi connectivity index (χ3n) is 3.56. The second kappa shape index (κ2) is 6.18. The van der Waals surface area contributed by atoms with E-state index in [1.54, 1.807) is 18.2 Å². The summed E-state index contributed by atoms with van der Waals surface area (Å²) in [5.74, 6) is -0.0863.